The number of halogens is 1. The van der Waals surface area contributed by atoms with Gasteiger partial charge in [-0.3, -0.25) is 4.79 Å². The Morgan fingerprint density at radius 1 is 1.10 bits per heavy atom. The van der Waals surface area contributed by atoms with Gasteiger partial charge >= 0.3 is 0 Å². The number of aromatic nitrogens is 2. The highest BCUT2D eigenvalue weighted by atomic mass is 35.5. The highest BCUT2D eigenvalue weighted by Gasteiger charge is 2.23. The molecular weight excluding hydrogens is 402 g/mol. The van der Waals surface area contributed by atoms with Gasteiger partial charge in [0, 0.05) is 30.0 Å². The molecule has 6 nitrogen and oxygen atoms in total. The summed E-state index contributed by atoms with van der Waals surface area (Å²) in [6.07, 6.45) is 3.53. The van der Waals surface area contributed by atoms with Gasteiger partial charge in [0.15, 0.2) is 5.76 Å². The van der Waals surface area contributed by atoms with E-state index >= 15 is 0 Å². The number of nitrogens with zero attached hydrogens (tertiary/aromatic N) is 2. The third-order valence-electron chi connectivity index (χ3n) is 4.80. The predicted molar refractivity (Wildman–Crippen MR) is 115 cm³/mol. The van der Waals surface area contributed by atoms with Gasteiger partial charge < -0.3 is 19.0 Å². The van der Waals surface area contributed by atoms with Crippen molar-refractivity contribution in [2.45, 2.75) is 6.04 Å². The van der Waals surface area contributed by atoms with Crippen molar-refractivity contribution in [2.24, 2.45) is 7.05 Å². The van der Waals surface area contributed by atoms with E-state index in [1.165, 1.54) is 0 Å². The minimum absolute atomic E-state index is 0.215. The lowest BCUT2D eigenvalue weighted by atomic mass is 10.1. The van der Waals surface area contributed by atoms with Crippen molar-refractivity contribution in [2.75, 3.05) is 7.11 Å². The second kappa shape index (κ2) is 8.47. The molecule has 0 saturated heterocycles. The molecule has 0 radical (unpaired) electrons. The number of benzene rings is 2. The summed E-state index contributed by atoms with van der Waals surface area (Å²) in [5.41, 5.74) is 1.72. The number of hydrogen-bond donors (Lipinski definition) is 1. The van der Waals surface area contributed by atoms with Crippen molar-refractivity contribution >= 4 is 17.5 Å². The molecule has 7 heteroatoms. The minimum atomic E-state index is -0.451. The number of aryl methyl sites for hydroxylation is 1. The molecule has 1 amide bonds. The molecule has 2 heterocycles. The Bertz CT molecular complexity index is 1150. The minimum Gasteiger partial charge on any atom is -0.497 e. The van der Waals surface area contributed by atoms with Gasteiger partial charge in [-0.25, -0.2) is 4.98 Å². The van der Waals surface area contributed by atoms with Gasteiger partial charge in [-0.2, -0.15) is 0 Å². The zero-order valence-corrected chi connectivity index (χ0v) is 17.3. The zero-order valence-electron chi connectivity index (χ0n) is 16.5. The van der Waals surface area contributed by atoms with Crippen LogP contribution in [-0.4, -0.2) is 22.6 Å². The predicted octanol–water partition coefficient (Wildman–Crippen LogP) is 4.86. The number of methoxy groups -OCH3 is 1. The van der Waals surface area contributed by atoms with Gasteiger partial charge in [0.1, 0.15) is 23.4 Å². The number of ether oxygens (including phenoxy) is 1. The first-order valence-electron chi connectivity index (χ1n) is 9.33. The van der Waals surface area contributed by atoms with E-state index in [-0.39, 0.29) is 11.7 Å². The molecule has 4 rings (SSSR count). The summed E-state index contributed by atoms with van der Waals surface area (Å²) in [6.45, 7) is 0. The molecule has 0 saturated carbocycles. The molecule has 152 valence electrons. The molecule has 2 aromatic heterocycles. The van der Waals surface area contributed by atoms with E-state index in [2.05, 4.69) is 10.3 Å². The van der Waals surface area contributed by atoms with E-state index < -0.39 is 6.04 Å². The molecule has 1 atom stereocenters. The monoisotopic (exact) mass is 421 g/mol. The van der Waals surface area contributed by atoms with Crippen LogP contribution in [0.4, 0.5) is 0 Å². The van der Waals surface area contributed by atoms with Gasteiger partial charge in [0.25, 0.3) is 5.91 Å². The Balaban J connectivity index is 1.60. The van der Waals surface area contributed by atoms with Crippen LogP contribution in [0.3, 0.4) is 0 Å². The molecule has 0 aliphatic heterocycles. The van der Waals surface area contributed by atoms with Crippen LogP contribution in [0, 0.1) is 0 Å². The van der Waals surface area contributed by atoms with Crippen molar-refractivity contribution in [1.29, 1.82) is 0 Å². The van der Waals surface area contributed by atoms with Crippen LogP contribution in [0.25, 0.3) is 11.3 Å². The summed E-state index contributed by atoms with van der Waals surface area (Å²) in [6, 6.07) is 17.7. The first-order chi connectivity index (χ1) is 14.5. The summed E-state index contributed by atoms with van der Waals surface area (Å²) in [5.74, 6) is 1.92. The first kappa shape index (κ1) is 19.8. The topological polar surface area (TPSA) is 69.3 Å². The molecule has 4 aromatic rings. The number of amides is 1. The fourth-order valence-electron chi connectivity index (χ4n) is 3.18. The van der Waals surface area contributed by atoms with Crippen LogP contribution >= 0.6 is 11.6 Å². The largest absolute Gasteiger partial charge is 0.497 e. The average Bonchev–Trinajstić information content (AvgIpc) is 3.42. The quantitative estimate of drug-likeness (QED) is 0.482. The fraction of sp³-hybridized carbons (Fsp3) is 0.130. The van der Waals surface area contributed by atoms with Crippen molar-refractivity contribution in [1.82, 2.24) is 14.9 Å². The summed E-state index contributed by atoms with van der Waals surface area (Å²) < 4.78 is 12.9. The molecule has 0 fully saturated rings. The Labute approximate surface area is 179 Å². The highest BCUT2D eigenvalue weighted by Crippen LogP contribution is 2.26. The van der Waals surface area contributed by atoms with E-state index in [9.17, 15) is 4.79 Å². The second-order valence-corrected chi connectivity index (χ2v) is 7.18. The Kier molecular flexibility index (Phi) is 5.59. The third kappa shape index (κ3) is 4.09. The number of rotatable bonds is 6. The number of hydrogen-bond acceptors (Lipinski definition) is 4. The standard InChI is InChI=1S/C23H20ClN3O3/c1-27-14-13-25-22(27)21(16-5-9-18(29-2)10-6-16)26-23(28)20-12-11-19(30-20)15-3-7-17(24)8-4-15/h3-14,21H,1-2H3,(H,26,28). The second-order valence-electron chi connectivity index (χ2n) is 6.75. The van der Waals surface area contributed by atoms with Gasteiger partial charge in [0.05, 0.1) is 7.11 Å². The Morgan fingerprint density at radius 3 is 2.47 bits per heavy atom. The molecular formula is C23H20ClN3O3. The SMILES string of the molecule is COc1ccc(C(NC(=O)c2ccc(-c3ccc(Cl)cc3)o2)c2nccn2C)cc1. The Morgan fingerprint density at radius 2 is 1.83 bits per heavy atom. The van der Waals surface area contributed by atoms with Crippen LogP contribution in [0.1, 0.15) is 28.0 Å². The number of furan rings is 1. The van der Waals surface area contributed by atoms with Crippen LogP contribution in [0.15, 0.2) is 77.5 Å². The van der Waals surface area contributed by atoms with Gasteiger partial charge in [-0.05, 0) is 54.1 Å². The lowest BCUT2D eigenvalue weighted by Crippen LogP contribution is -2.30. The third-order valence-corrected chi connectivity index (χ3v) is 5.05. The summed E-state index contributed by atoms with van der Waals surface area (Å²) in [7, 11) is 3.50. The summed E-state index contributed by atoms with van der Waals surface area (Å²) in [5, 5.41) is 3.67. The van der Waals surface area contributed by atoms with Gasteiger partial charge in [0.2, 0.25) is 0 Å². The molecule has 0 aliphatic rings. The first-order valence-corrected chi connectivity index (χ1v) is 9.71. The normalized spacial score (nSPS) is 11.8. The summed E-state index contributed by atoms with van der Waals surface area (Å²) in [4.78, 5) is 17.4. The van der Waals surface area contributed by atoms with E-state index in [4.69, 9.17) is 20.8 Å². The van der Waals surface area contributed by atoms with Crippen LogP contribution in [0.2, 0.25) is 5.02 Å². The molecule has 1 unspecified atom stereocenters. The lowest BCUT2D eigenvalue weighted by molar-refractivity contribution is 0.0914. The highest BCUT2D eigenvalue weighted by molar-refractivity contribution is 6.30. The van der Waals surface area contributed by atoms with Crippen LogP contribution in [0.5, 0.6) is 5.75 Å². The van der Waals surface area contributed by atoms with Gasteiger partial charge in [-0.1, -0.05) is 23.7 Å². The van der Waals surface area contributed by atoms with E-state index in [0.717, 1.165) is 16.9 Å². The average molecular weight is 422 g/mol. The number of carbonyl (C=O) groups is 1. The molecule has 1 N–H and O–H groups in total. The fourth-order valence-corrected chi connectivity index (χ4v) is 3.31. The van der Waals surface area contributed by atoms with Crippen molar-refractivity contribution in [3.05, 3.63) is 95.2 Å². The summed E-state index contributed by atoms with van der Waals surface area (Å²) >= 11 is 5.94. The van der Waals surface area contributed by atoms with Crippen molar-refractivity contribution < 1.29 is 13.9 Å². The lowest BCUT2D eigenvalue weighted by Gasteiger charge is -2.19. The Hall–Kier alpha value is -3.51. The molecule has 30 heavy (non-hydrogen) atoms. The molecule has 0 aliphatic carbocycles. The van der Waals surface area contributed by atoms with Crippen molar-refractivity contribution in [3.63, 3.8) is 0 Å². The number of nitrogens with one attached hydrogen (secondary N) is 1. The van der Waals surface area contributed by atoms with Gasteiger partial charge in [-0.15, -0.1) is 0 Å². The maximum atomic E-state index is 13.0. The maximum Gasteiger partial charge on any atom is 0.287 e. The number of carbonyl (C=O) groups excluding carboxylic acids is 1. The molecule has 2 aromatic carbocycles. The van der Waals surface area contributed by atoms with Crippen LogP contribution in [-0.2, 0) is 7.05 Å². The van der Waals surface area contributed by atoms with Crippen molar-refractivity contribution in [3.8, 4) is 17.1 Å². The maximum absolute atomic E-state index is 13.0. The van der Waals surface area contributed by atoms with E-state index in [0.29, 0.717) is 16.6 Å². The molecule has 0 spiro atoms. The zero-order chi connectivity index (χ0) is 21.1. The van der Waals surface area contributed by atoms with Crippen LogP contribution < -0.4 is 10.1 Å². The van der Waals surface area contributed by atoms with E-state index in [1.54, 1.807) is 37.6 Å². The number of imidazole rings is 1. The van der Waals surface area contributed by atoms with E-state index in [1.807, 2.05) is 54.2 Å². The smallest absolute Gasteiger partial charge is 0.287 e. The molecule has 0 bridgehead atoms.